The molecule has 0 bridgehead atoms. The fourth-order valence-electron chi connectivity index (χ4n) is 4.40. The topological polar surface area (TPSA) is 83.5 Å². The van der Waals surface area contributed by atoms with Gasteiger partial charge in [0.15, 0.2) is 5.13 Å². The summed E-state index contributed by atoms with van der Waals surface area (Å²) in [5.41, 5.74) is 3.92. The van der Waals surface area contributed by atoms with E-state index in [1.54, 1.807) is 23.4 Å². The fourth-order valence-corrected chi connectivity index (χ4v) is 8.68. The number of carbonyl (C=O) groups excluding carboxylic acids is 1. The molecule has 0 saturated carbocycles. The summed E-state index contributed by atoms with van der Waals surface area (Å²) in [6.07, 6.45) is 4.41. The molecule has 4 aromatic rings. The number of fused-ring (bicyclic) bond motifs is 1. The Balaban J connectivity index is 1.54. The lowest BCUT2D eigenvalue weighted by molar-refractivity contribution is -0.121. The summed E-state index contributed by atoms with van der Waals surface area (Å²) in [6, 6.07) is 10.0. The molecule has 11 heteroatoms. The van der Waals surface area contributed by atoms with Gasteiger partial charge in [0, 0.05) is 18.9 Å². The standard InChI is InChI=1S/C24H23ClN4O3S3/c1-15-12-16(2)22-18(13-15)27-24(34-22)28(14-17-7-9-26-10-8-17)23(30)19-4-3-11-29(19)35(31,32)21-6-5-20(25)33-21/h5-10,12-13,19H,3-4,11,14H2,1-2H3. The Morgan fingerprint density at radius 1 is 1.17 bits per heavy atom. The van der Waals surface area contributed by atoms with Crippen molar-refractivity contribution in [1.29, 1.82) is 0 Å². The van der Waals surface area contributed by atoms with Crippen LogP contribution in [-0.4, -0.2) is 41.2 Å². The Morgan fingerprint density at radius 3 is 2.66 bits per heavy atom. The summed E-state index contributed by atoms with van der Waals surface area (Å²) in [7, 11) is -3.84. The molecule has 1 saturated heterocycles. The van der Waals surface area contributed by atoms with Gasteiger partial charge in [-0.2, -0.15) is 4.31 Å². The SMILES string of the molecule is Cc1cc(C)c2sc(N(Cc3ccncc3)C(=O)C3CCCN3S(=O)(=O)c3ccc(Cl)s3)nc2c1. The Morgan fingerprint density at radius 2 is 1.94 bits per heavy atom. The number of aryl methyl sites for hydroxylation is 2. The number of thiazole rings is 1. The normalized spacial score (nSPS) is 16.7. The average molecular weight is 547 g/mol. The second kappa shape index (κ2) is 9.59. The number of hydrogen-bond acceptors (Lipinski definition) is 7. The summed E-state index contributed by atoms with van der Waals surface area (Å²) in [5.74, 6) is -0.279. The maximum atomic E-state index is 14.0. The molecular weight excluding hydrogens is 524 g/mol. The zero-order valence-corrected chi connectivity index (χ0v) is 22.3. The molecule has 5 rings (SSSR count). The van der Waals surface area contributed by atoms with E-state index in [1.807, 2.05) is 32.0 Å². The number of anilines is 1. The second-order valence-corrected chi connectivity index (χ2v) is 13.3. The third kappa shape index (κ3) is 4.73. The first-order valence-electron chi connectivity index (χ1n) is 11.1. The van der Waals surface area contributed by atoms with Gasteiger partial charge in [0.2, 0.25) is 5.91 Å². The first-order chi connectivity index (χ1) is 16.7. The first kappa shape index (κ1) is 24.3. The maximum absolute atomic E-state index is 14.0. The van der Waals surface area contributed by atoms with Crippen LogP contribution in [0.5, 0.6) is 0 Å². The lowest BCUT2D eigenvalue weighted by Gasteiger charge is -2.28. The highest BCUT2D eigenvalue weighted by Gasteiger charge is 2.42. The second-order valence-electron chi connectivity index (χ2n) is 8.54. The van der Waals surface area contributed by atoms with Crippen LogP contribution in [0.3, 0.4) is 0 Å². The summed E-state index contributed by atoms with van der Waals surface area (Å²) < 4.78 is 29.7. The number of aromatic nitrogens is 2. The van der Waals surface area contributed by atoms with E-state index >= 15 is 0 Å². The molecule has 182 valence electrons. The number of benzene rings is 1. The van der Waals surface area contributed by atoms with Crippen LogP contribution in [-0.2, 0) is 21.4 Å². The molecule has 0 N–H and O–H groups in total. The van der Waals surface area contributed by atoms with Crippen LogP contribution in [0, 0.1) is 13.8 Å². The van der Waals surface area contributed by atoms with E-state index in [-0.39, 0.29) is 23.2 Å². The van der Waals surface area contributed by atoms with Gasteiger partial charge >= 0.3 is 0 Å². The fraction of sp³-hybridized carbons (Fsp3) is 0.292. The molecular formula is C24H23ClN4O3S3. The van der Waals surface area contributed by atoms with Crippen molar-refractivity contribution < 1.29 is 13.2 Å². The van der Waals surface area contributed by atoms with Gasteiger partial charge < -0.3 is 0 Å². The van der Waals surface area contributed by atoms with Crippen molar-refractivity contribution in [3.8, 4) is 0 Å². The monoisotopic (exact) mass is 546 g/mol. The van der Waals surface area contributed by atoms with E-state index < -0.39 is 16.1 Å². The van der Waals surface area contributed by atoms with Gasteiger partial charge in [-0.3, -0.25) is 14.7 Å². The average Bonchev–Trinajstić information content (AvgIpc) is 3.57. The smallest absolute Gasteiger partial charge is 0.253 e. The first-order valence-corrected chi connectivity index (χ1v) is 14.5. The van der Waals surface area contributed by atoms with Crippen LogP contribution in [0.1, 0.15) is 29.5 Å². The van der Waals surface area contributed by atoms with Crippen LogP contribution in [0.25, 0.3) is 10.2 Å². The number of sulfonamides is 1. The van der Waals surface area contributed by atoms with Crippen LogP contribution in [0.2, 0.25) is 4.34 Å². The summed E-state index contributed by atoms with van der Waals surface area (Å²) in [5, 5.41) is 0.555. The largest absolute Gasteiger partial charge is 0.282 e. The van der Waals surface area contributed by atoms with E-state index in [4.69, 9.17) is 16.6 Å². The van der Waals surface area contributed by atoms with Gasteiger partial charge in [0.05, 0.1) is 21.1 Å². The van der Waals surface area contributed by atoms with E-state index in [0.717, 1.165) is 38.2 Å². The zero-order valence-electron chi connectivity index (χ0n) is 19.1. The molecule has 0 radical (unpaired) electrons. The molecule has 35 heavy (non-hydrogen) atoms. The van der Waals surface area contributed by atoms with Crippen molar-refractivity contribution in [2.45, 2.75) is 43.5 Å². The van der Waals surface area contributed by atoms with Gasteiger partial charge in [0.25, 0.3) is 10.0 Å². The highest BCUT2D eigenvalue weighted by atomic mass is 35.5. The Kier molecular flexibility index (Phi) is 6.67. The summed E-state index contributed by atoms with van der Waals surface area (Å²) >= 11 is 8.46. The van der Waals surface area contributed by atoms with Crippen LogP contribution in [0.15, 0.2) is 53.0 Å². The number of carbonyl (C=O) groups is 1. The molecule has 7 nitrogen and oxygen atoms in total. The van der Waals surface area contributed by atoms with Crippen molar-refractivity contribution in [1.82, 2.24) is 14.3 Å². The molecule has 1 aliphatic heterocycles. The van der Waals surface area contributed by atoms with Crippen molar-refractivity contribution in [2.75, 3.05) is 11.4 Å². The number of halogens is 1. The number of thiophene rings is 1. The molecule has 1 atom stereocenters. The number of rotatable bonds is 6. The third-order valence-corrected chi connectivity index (χ3v) is 10.8. The van der Waals surface area contributed by atoms with Gasteiger partial charge in [0.1, 0.15) is 10.3 Å². The molecule has 4 heterocycles. The molecule has 1 amide bonds. The molecule has 1 unspecified atom stereocenters. The number of amides is 1. The number of pyridine rings is 1. The van der Waals surface area contributed by atoms with Gasteiger partial charge in [-0.05, 0) is 73.7 Å². The predicted molar refractivity (Wildman–Crippen MR) is 141 cm³/mol. The summed E-state index contributed by atoms with van der Waals surface area (Å²) in [4.78, 5) is 24.5. The number of nitrogens with zero attached hydrogens (tertiary/aromatic N) is 4. The molecule has 3 aromatic heterocycles. The van der Waals surface area contributed by atoms with Gasteiger partial charge in [-0.15, -0.1) is 11.3 Å². The quantitative estimate of drug-likeness (QED) is 0.323. The molecule has 1 aliphatic rings. The molecule has 0 spiro atoms. The Hall–Kier alpha value is -2.37. The van der Waals surface area contributed by atoms with Crippen molar-refractivity contribution in [3.63, 3.8) is 0 Å². The summed E-state index contributed by atoms with van der Waals surface area (Å²) in [6.45, 7) is 4.61. The zero-order chi connectivity index (χ0) is 24.7. The van der Waals surface area contributed by atoms with Crippen LogP contribution < -0.4 is 4.90 Å². The van der Waals surface area contributed by atoms with E-state index in [9.17, 15) is 13.2 Å². The minimum atomic E-state index is -3.84. The Labute approximate surface area is 217 Å². The highest BCUT2D eigenvalue weighted by molar-refractivity contribution is 7.91. The van der Waals surface area contributed by atoms with Gasteiger partial charge in [-0.25, -0.2) is 13.4 Å². The van der Waals surface area contributed by atoms with Crippen molar-refractivity contribution in [3.05, 3.63) is 69.8 Å². The lowest BCUT2D eigenvalue weighted by Crippen LogP contribution is -2.47. The van der Waals surface area contributed by atoms with Crippen molar-refractivity contribution in [2.24, 2.45) is 0 Å². The maximum Gasteiger partial charge on any atom is 0.253 e. The molecule has 1 aromatic carbocycles. The van der Waals surface area contributed by atoms with Crippen LogP contribution in [0.4, 0.5) is 5.13 Å². The minimum Gasteiger partial charge on any atom is -0.282 e. The van der Waals surface area contributed by atoms with Crippen LogP contribution >= 0.6 is 34.3 Å². The minimum absolute atomic E-state index is 0.147. The van der Waals surface area contributed by atoms with E-state index in [1.165, 1.54) is 21.7 Å². The highest BCUT2D eigenvalue weighted by Crippen LogP contribution is 2.36. The molecule has 0 aliphatic carbocycles. The molecule has 1 fully saturated rings. The number of hydrogen-bond donors (Lipinski definition) is 0. The Bertz CT molecular complexity index is 1500. The third-order valence-electron chi connectivity index (χ3n) is 6.00. The van der Waals surface area contributed by atoms with Gasteiger partial charge in [-0.1, -0.05) is 29.0 Å². The van der Waals surface area contributed by atoms with Crippen molar-refractivity contribution >= 4 is 65.6 Å². The lowest BCUT2D eigenvalue weighted by atomic mass is 10.1. The van der Waals surface area contributed by atoms with E-state index in [0.29, 0.717) is 22.3 Å². The van der Waals surface area contributed by atoms with E-state index in [2.05, 4.69) is 11.1 Å². The predicted octanol–water partition coefficient (Wildman–Crippen LogP) is 5.41.